The van der Waals surface area contributed by atoms with Crippen molar-refractivity contribution in [2.75, 3.05) is 0 Å². The van der Waals surface area contributed by atoms with E-state index in [2.05, 4.69) is 103 Å². The van der Waals surface area contributed by atoms with E-state index in [1.54, 1.807) is 0 Å². The Hall–Kier alpha value is -6.72. The molecule has 0 unspecified atom stereocenters. The molecule has 0 N–H and O–H groups in total. The highest BCUT2D eigenvalue weighted by Crippen LogP contribution is 2.38. The Balaban J connectivity index is 1.20. The lowest BCUT2D eigenvalue weighted by Crippen LogP contribution is -2.01. The summed E-state index contributed by atoms with van der Waals surface area (Å²) < 4.78 is 6.42. The van der Waals surface area contributed by atoms with Gasteiger partial charge in [-0.05, 0) is 63.0 Å². The number of furan rings is 1. The second kappa shape index (κ2) is 10.9. The average Bonchev–Trinajstić information content (AvgIpc) is 3.56. The molecule has 0 atom stereocenters. The molecule has 0 radical (unpaired) electrons. The minimum absolute atomic E-state index is 0.500. The summed E-state index contributed by atoms with van der Waals surface area (Å²) in [7, 11) is 0. The van der Waals surface area contributed by atoms with E-state index in [-0.39, 0.29) is 0 Å². The molecule has 3 heterocycles. The van der Waals surface area contributed by atoms with Gasteiger partial charge in [-0.2, -0.15) is 0 Å². The SMILES string of the molecule is c1cc(-c2nc(-c3ccc4ccccc4n3)nc(-c3cccc4c3oc3ccccc34)n2)cc(-c2cccc3ccc4ccccc4c23)c1. The Morgan fingerprint density at radius 3 is 2.00 bits per heavy atom. The van der Waals surface area contributed by atoms with Crippen LogP contribution in [0.5, 0.6) is 0 Å². The molecule has 0 saturated carbocycles. The number of hydrogen-bond donors (Lipinski definition) is 0. The smallest absolute Gasteiger partial charge is 0.182 e. The molecule has 10 aromatic rings. The number of fused-ring (bicyclic) bond motifs is 7. The monoisotopic (exact) mass is 626 g/mol. The maximum absolute atomic E-state index is 6.42. The highest BCUT2D eigenvalue weighted by Gasteiger charge is 2.19. The molecule has 7 aromatic carbocycles. The Morgan fingerprint density at radius 2 is 1.04 bits per heavy atom. The molecule has 0 fully saturated rings. The molecule has 228 valence electrons. The van der Waals surface area contributed by atoms with Crippen molar-refractivity contribution < 1.29 is 4.42 Å². The van der Waals surface area contributed by atoms with Gasteiger partial charge in [0.2, 0.25) is 0 Å². The van der Waals surface area contributed by atoms with Crippen LogP contribution in [-0.2, 0) is 0 Å². The van der Waals surface area contributed by atoms with Gasteiger partial charge in [0.25, 0.3) is 0 Å². The molecule has 3 aromatic heterocycles. The van der Waals surface area contributed by atoms with Crippen LogP contribution in [0.1, 0.15) is 0 Å². The number of pyridine rings is 1. The van der Waals surface area contributed by atoms with Gasteiger partial charge < -0.3 is 4.42 Å². The fourth-order valence-electron chi connectivity index (χ4n) is 6.98. The Labute approximate surface area is 281 Å². The summed E-state index contributed by atoms with van der Waals surface area (Å²) >= 11 is 0. The molecule has 0 bridgehead atoms. The third-order valence-corrected chi connectivity index (χ3v) is 9.31. The molecular formula is C44H26N4O. The molecular weight excluding hydrogens is 601 g/mol. The lowest BCUT2D eigenvalue weighted by Gasteiger charge is -2.12. The van der Waals surface area contributed by atoms with Crippen molar-refractivity contribution in [2.45, 2.75) is 0 Å². The Bertz CT molecular complexity index is 2910. The van der Waals surface area contributed by atoms with E-state index in [1.807, 2.05) is 54.6 Å². The van der Waals surface area contributed by atoms with Crippen molar-refractivity contribution in [1.82, 2.24) is 19.9 Å². The van der Waals surface area contributed by atoms with Crippen LogP contribution in [0.2, 0.25) is 0 Å². The van der Waals surface area contributed by atoms with E-state index in [0.717, 1.165) is 55.1 Å². The molecule has 0 amide bonds. The summed E-state index contributed by atoms with van der Waals surface area (Å²) in [5, 5.41) is 8.01. The highest BCUT2D eigenvalue weighted by atomic mass is 16.3. The zero-order valence-electron chi connectivity index (χ0n) is 26.2. The first kappa shape index (κ1) is 27.4. The van der Waals surface area contributed by atoms with Crippen molar-refractivity contribution >= 4 is 54.4 Å². The second-order valence-corrected chi connectivity index (χ2v) is 12.2. The number of para-hydroxylation sites is 3. The fraction of sp³-hybridized carbons (Fsp3) is 0. The Morgan fingerprint density at radius 1 is 0.388 bits per heavy atom. The van der Waals surface area contributed by atoms with Gasteiger partial charge in [-0.15, -0.1) is 0 Å². The van der Waals surface area contributed by atoms with Gasteiger partial charge in [0, 0.05) is 21.7 Å². The van der Waals surface area contributed by atoms with Gasteiger partial charge in [-0.1, -0.05) is 127 Å². The number of hydrogen-bond acceptors (Lipinski definition) is 5. The maximum Gasteiger partial charge on any atom is 0.182 e. The first-order valence-corrected chi connectivity index (χ1v) is 16.3. The number of nitrogens with zero attached hydrogens (tertiary/aromatic N) is 4. The predicted octanol–water partition coefficient (Wildman–Crippen LogP) is 11.3. The summed E-state index contributed by atoms with van der Waals surface area (Å²) in [4.78, 5) is 20.2. The van der Waals surface area contributed by atoms with Crippen LogP contribution in [0.25, 0.3) is 99.8 Å². The van der Waals surface area contributed by atoms with E-state index >= 15 is 0 Å². The molecule has 0 aliphatic carbocycles. The lowest BCUT2D eigenvalue weighted by molar-refractivity contribution is 0.669. The van der Waals surface area contributed by atoms with Crippen LogP contribution >= 0.6 is 0 Å². The van der Waals surface area contributed by atoms with E-state index in [1.165, 1.54) is 21.5 Å². The lowest BCUT2D eigenvalue weighted by atomic mass is 9.93. The Kier molecular flexibility index (Phi) is 6.11. The maximum atomic E-state index is 6.42. The first-order valence-electron chi connectivity index (χ1n) is 16.3. The summed E-state index contributed by atoms with van der Waals surface area (Å²) in [6, 6.07) is 54.2. The largest absolute Gasteiger partial charge is 0.455 e. The number of aromatic nitrogens is 4. The van der Waals surface area contributed by atoms with Crippen LogP contribution < -0.4 is 0 Å². The first-order chi connectivity index (χ1) is 24.3. The highest BCUT2D eigenvalue weighted by molar-refractivity contribution is 6.14. The van der Waals surface area contributed by atoms with Crippen LogP contribution in [0.15, 0.2) is 162 Å². The van der Waals surface area contributed by atoms with Crippen LogP contribution in [-0.4, -0.2) is 19.9 Å². The van der Waals surface area contributed by atoms with Crippen molar-refractivity contribution in [3.8, 4) is 45.4 Å². The molecule has 10 rings (SSSR count). The number of benzene rings is 7. The van der Waals surface area contributed by atoms with Crippen molar-refractivity contribution in [3.05, 3.63) is 158 Å². The summed E-state index contributed by atoms with van der Waals surface area (Å²) in [5.74, 6) is 1.59. The zero-order chi connectivity index (χ0) is 32.3. The van der Waals surface area contributed by atoms with Crippen molar-refractivity contribution in [2.24, 2.45) is 0 Å². The van der Waals surface area contributed by atoms with E-state index in [0.29, 0.717) is 23.2 Å². The minimum Gasteiger partial charge on any atom is -0.455 e. The van der Waals surface area contributed by atoms with Gasteiger partial charge >= 0.3 is 0 Å². The van der Waals surface area contributed by atoms with E-state index in [9.17, 15) is 0 Å². The number of rotatable bonds is 4. The molecule has 0 aliphatic heterocycles. The molecule has 0 aliphatic rings. The van der Waals surface area contributed by atoms with E-state index < -0.39 is 0 Å². The van der Waals surface area contributed by atoms with Gasteiger partial charge in [-0.3, -0.25) is 0 Å². The zero-order valence-corrected chi connectivity index (χ0v) is 26.2. The van der Waals surface area contributed by atoms with E-state index in [4.69, 9.17) is 24.4 Å². The van der Waals surface area contributed by atoms with Crippen LogP contribution in [0.4, 0.5) is 0 Å². The predicted molar refractivity (Wildman–Crippen MR) is 199 cm³/mol. The molecule has 0 saturated heterocycles. The molecule has 0 spiro atoms. The molecule has 5 nitrogen and oxygen atoms in total. The third kappa shape index (κ3) is 4.55. The summed E-state index contributed by atoms with van der Waals surface area (Å²) in [6.45, 7) is 0. The van der Waals surface area contributed by atoms with Crippen LogP contribution in [0.3, 0.4) is 0 Å². The van der Waals surface area contributed by atoms with Gasteiger partial charge in [0.1, 0.15) is 16.9 Å². The summed E-state index contributed by atoms with van der Waals surface area (Å²) in [6.07, 6.45) is 0. The summed E-state index contributed by atoms with van der Waals surface area (Å²) in [5.41, 5.74) is 7.07. The topological polar surface area (TPSA) is 64.7 Å². The van der Waals surface area contributed by atoms with Gasteiger partial charge in [-0.25, -0.2) is 19.9 Å². The normalized spacial score (nSPS) is 11.7. The fourth-order valence-corrected chi connectivity index (χ4v) is 6.98. The minimum atomic E-state index is 0.500. The quantitative estimate of drug-likeness (QED) is 0.182. The molecule has 5 heteroatoms. The standard InChI is InChI=1S/C44H26N4O/c1-3-15-32-27(10-1)22-23-29-12-8-17-33(40(29)32)30-13-7-14-31(26-30)42-46-43(36-19-9-18-35-34-16-4-6-21-39(34)49-41(35)36)48-44(47-42)38-25-24-28-11-2-5-20-37(28)45-38/h1-26H. The van der Waals surface area contributed by atoms with Crippen LogP contribution in [0, 0.1) is 0 Å². The second-order valence-electron chi connectivity index (χ2n) is 12.2. The van der Waals surface area contributed by atoms with Crippen molar-refractivity contribution in [1.29, 1.82) is 0 Å². The third-order valence-electron chi connectivity index (χ3n) is 9.31. The molecule has 49 heavy (non-hydrogen) atoms. The van der Waals surface area contributed by atoms with Crippen molar-refractivity contribution in [3.63, 3.8) is 0 Å². The average molecular weight is 627 g/mol. The van der Waals surface area contributed by atoms with Gasteiger partial charge in [0.15, 0.2) is 17.5 Å². The van der Waals surface area contributed by atoms with Gasteiger partial charge in [0.05, 0.1) is 11.1 Å².